The molecule has 1 amide bonds. The number of nitriles is 1. The zero-order valence-corrected chi connectivity index (χ0v) is 17.7. The maximum absolute atomic E-state index is 11.8. The van der Waals surface area contributed by atoms with Crippen molar-refractivity contribution in [2.75, 3.05) is 18.5 Å². The van der Waals surface area contributed by atoms with Gasteiger partial charge in [0.2, 0.25) is 0 Å². The monoisotopic (exact) mass is 405 g/mol. The molecule has 3 rings (SSSR count). The molecule has 1 aromatic heterocycles. The fourth-order valence-corrected chi connectivity index (χ4v) is 3.58. The van der Waals surface area contributed by atoms with E-state index in [9.17, 15) is 10.1 Å². The van der Waals surface area contributed by atoms with Gasteiger partial charge in [-0.15, -0.1) is 0 Å². The Hall–Kier alpha value is -3.46. The number of nitrogens with zero attached hydrogens (tertiary/aromatic N) is 2. The summed E-state index contributed by atoms with van der Waals surface area (Å²) in [6.45, 7) is 7.53. The number of carbonyl (C=O) groups excluding carboxylic acids is 1. The topological polar surface area (TPSA) is 76.3 Å². The summed E-state index contributed by atoms with van der Waals surface area (Å²) in [6.07, 6.45) is 1.53. The van der Waals surface area contributed by atoms with Crippen LogP contribution < -0.4 is 10.1 Å². The predicted octanol–water partition coefficient (Wildman–Crippen LogP) is 5.95. The molecule has 0 aliphatic carbocycles. The predicted molar refractivity (Wildman–Crippen MR) is 119 cm³/mol. The largest absolute Gasteiger partial charge is 0.494 e. The highest BCUT2D eigenvalue weighted by Gasteiger charge is 2.19. The lowest BCUT2D eigenvalue weighted by Crippen LogP contribution is -2.13. The van der Waals surface area contributed by atoms with E-state index in [0.717, 1.165) is 47.3 Å². The van der Waals surface area contributed by atoms with E-state index in [2.05, 4.69) is 22.9 Å². The number of aromatic nitrogens is 1. The molecule has 0 saturated heterocycles. The second-order valence-corrected chi connectivity index (χ2v) is 6.88. The first-order chi connectivity index (χ1) is 14.6. The van der Waals surface area contributed by atoms with Crippen LogP contribution in [0.25, 0.3) is 22.2 Å². The molecule has 0 aliphatic heterocycles. The lowest BCUT2D eigenvalue weighted by Gasteiger charge is -2.13. The molecule has 1 N–H and O–H groups in total. The van der Waals surface area contributed by atoms with Crippen LogP contribution in [-0.4, -0.2) is 23.9 Å². The van der Waals surface area contributed by atoms with Gasteiger partial charge in [-0.05, 0) is 44.5 Å². The number of benzene rings is 2. The SMILES string of the molecule is CCCCn1c(-c2cccc(NC(=O)OCC)c2)c(C#N)c2ccc(OCC)cc21. The molecule has 1 heterocycles. The summed E-state index contributed by atoms with van der Waals surface area (Å²) >= 11 is 0. The number of rotatable bonds is 8. The van der Waals surface area contributed by atoms with Crippen molar-refractivity contribution in [1.29, 1.82) is 5.26 Å². The maximum Gasteiger partial charge on any atom is 0.411 e. The van der Waals surface area contributed by atoms with Crippen molar-refractivity contribution in [3.8, 4) is 23.1 Å². The van der Waals surface area contributed by atoms with E-state index in [1.54, 1.807) is 13.0 Å². The molecule has 6 nitrogen and oxygen atoms in total. The third kappa shape index (κ3) is 4.41. The van der Waals surface area contributed by atoms with E-state index >= 15 is 0 Å². The second-order valence-electron chi connectivity index (χ2n) is 6.88. The third-order valence-electron chi connectivity index (χ3n) is 4.85. The second kappa shape index (κ2) is 9.84. The molecule has 0 radical (unpaired) electrons. The van der Waals surface area contributed by atoms with Crippen LogP contribution in [0.3, 0.4) is 0 Å². The zero-order chi connectivity index (χ0) is 21.5. The fraction of sp³-hybridized carbons (Fsp3) is 0.333. The Balaban J connectivity index is 2.16. The standard InChI is InChI=1S/C24H27N3O3/c1-4-7-13-27-22-15-19(29-5-2)11-12-20(22)21(16-25)23(27)17-9-8-10-18(14-17)26-24(28)30-6-3/h8-12,14-15H,4-7,13H2,1-3H3,(H,26,28). The summed E-state index contributed by atoms with van der Waals surface area (Å²) in [5.41, 5.74) is 3.94. The van der Waals surface area contributed by atoms with Crippen LogP contribution >= 0.6 is 0 Å². The molecule has 0 fully saturated rings. The summed E-state index contributed by atoms with van der Waals surface area (Å²) in [4.78, 5) is 11.8. The quantitative estimate of drug-likeness (QED) is 0.503. The lowest BCUT2D eigenvalue weighted by molar-refractivity contribution is 0.168. The summed E-state index contributed by atoms with van der Waals surface area (Å²) in [7, 11) is 0. The normalized spacial score (nSPS) is 10.6. The summed E-state index contributed by atoms with van der Waals surface area (Å²) in [5.74, 6) is 0.786. The molecule has 6 heteroatoms. The summed E-state index contributed by atoms with van der Waals surface area (Å²) < 4.78 is 12.8. The maximum atomic E-state index is 11.8. The van der Waals surface area contributed by atoms with Gasteiger partial charge in [-0.3, -0.25) is 5.32 Å². The van der Waals surface area contributed by atoms with Gasteiger partial charge in [0.15, 0.2) is 0 Å². The molecule has 3 aromatic rings. The van der Waals surface area contributed by atoms with E-state index in [0.29, 0.717) is 24.5 Å². The van der Waals surface area contributed by atoms with Crippen LogP contribution in [0.4, 0.5) is 10.5 Å². The van der Waals surface area contributed by atoms with E-state index in [1.807, 2.05) is 43.3 Å². The smallest absolute Gasteiger partial charge is 0.411 e. The number of unbranched alkanes of at least 4 members (excludes halogenated alkanes) is 1. The fourth-order valence-electron chi connectivity index (χ4n) is 3.58. The molecule has 0 spiro atoms. The molecule has 0 unspecified atom stereocenters. The molecule has 0 atom stereocenters. The van der Waals surface area contributed by atoms with Gasteiger partial charge >= 0.3 is 6.09 Å². The molecule has 0 aliphatic rings. The summed E-state index contributed by atoms with van der Waals surface area (Å²) in [6, 6.07) is 15.7. The first-order valence-electron chi connectivity index (χ1n) is 10.4. The Bertz CT molecular complexity index is 1080. The van der Waals surface area contributed by atoms with E-state index < -0.39 is 6.09 Å². The van der Waals surface area contributed by atoms with Crippen LogP contribution in [0.15, 0.2) is 42.5 Å². The number of amides is 1. The first kappa shape index (κ1) is 21.3. The van der Waals surface area contributed by atoms with Crippen molar-refractivity contribution in [3.63, 3.8) is 0 Å². The molecule has 156 valence electrons. The van der Waals surface area contributed by atoms with Gasteiger partial charge in [0.25, 0.3) is 0 Å². The number of hydrogen-bond donors (Lipinski definition) is 1. The van der Waals surface area contributed by atoms with Gasteiger partial charge < -0.3 is 14.0 Å². The van der Waals surface area contributed by atoms with Crippen LogP contribution in [0, 0.1) is 11.3 Å². The number of fused-ring (bicyclic) bond motifs is 1. The molecule has 0 bridgehead atoms. The summed E-state index contributed by atoms with van der Waals surface area (Å²) in [5, 5.41) is 13.6. The van der Waals surface area contributed by atoms with Crippen LogP contribution in [0.1, 0.15) is 39.2 Å². The van der Waals surface area contributed by atoms with Crippen LogP contribution in [-0.2, 0) is 11.3 Å². The highest BCUT2D eigenvalue weighted by molar-refractivity contribution is 5.96. The molecule has 0 saturated carbocycles. The average molecular weight is 405 g/mol. The molecular weight excluding hydrogens is 378 g/mol. The van der Waals surface area contributed by atoms with Crippen LogP contribution in [0.5, 0.6) is 5.75 Å². The minimum atomic E-state index is -0.497. The number of hydrogen-bond acceptors (Lipinski definition) is 4. The van der Waals surface area contributed by atoms with Gasteiger partial charge in [-0.1, -0.05) is 25.5 Å². The van der Waals surface area contributed by atoms with Crippen molar-refractivity contribution < 1.29 is 14.3 Å². The van der Waals surface area contributed by atoms with Crippen LogP contribution in [0.2, 0.25) is 0 Å². The Labute approximate surface area is 177 Å². The van der Waals surface area contributed by atoms with Gasteiger partial charge in [-0.2, -0.15) is 5.26 Å². The number of aryl methyl sites for hydroxylation is 1. The third-order valence-corrected chi connectivity index (χ3v) is 4.85. The van der Waals surface area contributed by atoms with Crippen molar-refractivity contribution in [1.82, 2.24) is 4.57 Å². The number of carbonyl (C=O) groups is 1. The number of anilines is 1. The number of ether oxygens (including phenoxy) is 2. The van der Waals surface area contributed by atoms with Crippen molar-refractivity contribution in [3.05, 3.63) is 48.0 Å². The van der Waals surface area contributed by atoms with Gasteiger partial charge in [0.05, 0.1) is 30.0 Å². The minimum Gasteiger partial charge on any atom is -0.494 e. The van der Waals surface area contributed by atoms with Gasteiger partial charge in [0, 0.05) is 29.2 Å². The van der Waals surface area contributed by atoms with Crippen molar-refractivity contribution in [2.24, 2.45) is 0 Å². The average Bonchev–Trinajstić information content (AvgIpc) is 3.05. The number of nitrogens with one attached hydrogen (secondary N) is 1. The lowest BCUT2D eigenvalue weighted by atomic mass is 10.1. The van der Waals surface area contributed by atoms with E-state index in [4.69, 9.17) is 9.47 Å². The highest BCUT2D eigenvalue weighted by Crippen LogP contribution is 2.36. The first-order valence-corrected chi connectivity index (χ1v) is 10.4. The van der Waals surface area contributed by atoms with Gasteiger partial charge in [-0.25, -0.2) is 4.79 Å². The van der Waals surface area contributed by atoms with Gasteiger partial charge in [0.1, 0.15) is 11.8 Å². The van der Waals surface area contributed by atoms with E-state index in [1.165, 1.54) is 0 Å². The molecule has 30 heavy (non-hydrogen) atoms. The Morgan fingerprint density at radius 2 is 1.97 bits per heavy atom. The molecule has 2 aromatic carbocycles. The minimum absolute atomic E-state index is 0.303. The zero-order valence-electron chi connectivity index (χ0n) is 17.7. The van der Waals surface area contributed by atoms with Crippen molar-refractivity contribution in [2.45, 2.75) is 40.2 Å². The Morgan fingerprint density at radius 1 is 1.13 bits per heavy atom. The Morgan fingerprint density at radius 3 is 2.67 bits per heavy atom. The van der Waals surface area contributed by atoms with E-state index in [-0.39, 0.29) is 0 Å². The Kier molecular flexibility index (Phi) is 6.97. The highest BCUT2D eigenvalue weighted by atomic mass is 16.5. The molecular formula is C24H27N3O3. The van der Waals surface area contributed by atoms with Crippen molar-refractivity contribution >= 4 is 22.7 Å².